The van der Waals surface area contributed by atoms with Crippen LogP contribution in [-0.4, -0.2) is 50.9 Å². The molecule has 0 atom stereocenters. The van der Waals surface area contributed by atoms with Crippen LogP contribution in [0.2, 0.25) is 0 Å². The molecular formula is C10H24N2O5S. The number of ether oxygens (including phenoxy) is 1. The number of sulfone groups is 1. The number of rotatable bonds is 8. The zero-order valence-corrected chi connectivity index (χ0v) is 11.6. The van der Waals surface area contributed by atoms with Gasteiger partial charge in [0.2, 0.25) is 0 Å². The van der Waals surface area contributed by atoms with E-state index >= 15 is 0 Å². The van der Waals surface area contributed by atoms with Gasteiger partial charge in [-0.25, -0.2) is 13.2 Å². The van der Waals surface area contributed by atoms with Crippen LogP contribution in [0.1, 0.15) is 26.2 Å². The number of carboxylic acid groups (broad SMARTS) is 1. The Labute approximate surface area is 108 Å². The van der Waals surface area contributed by atoms with E-state index in [1.165, 1.54) is 0 Å². The van der Waals surface area contributed by atoms with E-state index in [4.69, 9.17) is 16.6 Å². The van der Waals surface area contributed by atoms with Crippen molar-refractivity contribution in [3.63, 3.8) is 0 Å². The topological polar surface area (TPSA) is 133 Å². The third-order valence-electron chi connectivity index (χ3n) is 1.85. The van der Waals surface area contributed by atoms with Crippen molar-refractivity contribution in [2.75, 3.05) is 31.2 Å². The van der Waals surface area contributed by atoms with Crippen molar-refractivity contribution in [1.29, 1.82) is 0 Å². The highest BCUT2D eigenvalue weighted by Crippen LogP contribution is 2.00. The summed E-state index contributed by atoms with van der Waals surface area (Å²) in [6.07, 6.45) is 1.03. The Morgan fingerprint density at radius 3 is 2.11 bits per heavy atom. The van der Waals surface area contributed by atoms with Gasteiger partial charge in [-0.1, -0.05) is 19.8 Å². The number of carbonyl (C=O) groups is 1. The van der Waals surface area contributed by atoms with Crippen LogP contribution in [0.4, 0.5) is 4.79 Å². The fraction of sp³-hybridized carbons (Fsp3) is 0.900. The van der Waals surface area contributed by atoms with E-state index in [2.05, 4.69) is 4.74 Å². The smallest absolute Gasteiger partial charge is 0.450 e. The molecule has 0 bridgehead atoms. The van der Waals surface area contributed by atoms with Crippen LogP contribution in [0.5, 0.6) is 0 Å². The van der Waals surface area contributed by atoms with Crippen LogP contribution in [0.15, 0.2) is 0 Å². The Morgan fingerprint density at radius 2 is 1.72 bits per heavy atom. The standard InChI is InChI=1S/C8H16O5S.C2H8N2/c1-2-3-4-6-14(11,12)7-5-13-8(9)10;3-1-2-4/h2-7H2,1H3,(H,9,10);1-4H2. The Bertz CT molecular complexity index is 291. The number of nitrogens with two attached hydrogens (primary N) is 2. The van der Waals surface area contributed by atoms with Gasteiger partial charge in [0.15, 0.2) is 9.84 Å². The van der Waals surface area contributed by atoms with E-state index in [0.29, 0.717) is 19.5 Å². The molecule has 0 amide bonds. The molecule has 0 aromatic rings. The first-order valence-electron chi connectivity index (χ1n) is 5.85. The van der Waals surface area contributed by atoms with Crippen LogP contribution in [0.3, 0.4) is 0 Å². The number of hydrogen-bond donors (Lipinski definition) is 3. The van der Waals surface area contributed by atoms with E-state index in [1.54, 1.807) is 0 Å². The summed E-state index contributed by atoms with van der Waals surface area (Å²) >= 11 is 0. The Kier molecular flexibility index (Phi) is 13.6. The largest absolute Gasteiger partial charge is 0.505 e. The first-order valence-corrected chi connectivity index (χ1v) is 7.68. The number of hydrogen-bond acceptors (Lipinski definition) is 6. The molecule has 0 aromatic carbocycles. The second-order valence-electron chi connectivity index (χ2n) is 3.55. The van der Waals surface area contributed by atoms with E-state index in [9.17, 15) is 13.2 Å². The Hall–Kier alpha value is -0.860. The highest BCUT2D eigenvalue weighted by molar-refractivity contribution is 7.91. The molecule has 0 unspecified atom stereocenters. The molecule has 0 aliphatic carbocycles. The summed E-state index contributed by atoms with van der Waals surface area (Å²) in [5.41, 5.74) is 9.81. The van der Waals surface area contributed by atoms with Crippen LogP contribution >= 0.6 is 0 Å². The summed E-state index contributed by atoms with van der Waals surface area (Å²) in [7, 11) is -3.14. The predicted molar refractivity (Wildman–Crippen MR) is 70.3 cm³/mol. The van der Waals surface area contributed by atoms with Gasteiger partial charge in [0, 0.05) is 13.1 Å². The molecule has 0 saturated heterocycles. The van der Waals surface area contributed by atoms with E-state index in [1.807, 2.05) is 6.92 Å². The molecule has 7 nitrogen and oxygen atoms in total. The lowest BCUT2D eigenvalue weighted by Gasteiger charge is -2.03. The van der Waals surface area contributed by atoms with Crippen molar-refractivity contribution in [2.45, 2.75) is 26.2 Å². The highest BCUT2D eigenvalue weighted by atomic mass is 32.2. The minimum Gasteiger partial charge on any atom is -0.450 e. The molecule has 18 heavy (non-hydrogen) atoms. The molecule has 0 aliphatic rings. The van der Waals surface area contributed by atoms with Gasteiger partial charge in [0.25, 0.3) is 0 Å². The third kappa shape index (κ3) is 17.5. The van der Waals surface area contributed by atoms with Crippen LogP contribution < -0.4 is 11.5 Å². The van der Waals surface area contributed by atoms with Crippen LogP contribution in [0.25, 0.3) is 0 Å². The molecule has 0 saturated carbocycles. The van der Waals surface area contributed by atoms with Gasteiger partial charge in [0.05, 0.1) is 11.5 Å². The first kappa shape index (κ1) is 19.5. The Morgan fingerprint density at radius 1 is 1.17 bits per heavy atom. The lowest BCUT2D eigenvalue weighted by atomic mass is 10.3. The van der Waals surface area contributed by atoms with Crippen molar-refractivity contribution < 1.29 is 23.1 Å². The maximum Gasteiger partial charge on any atom is 0.505 e. The van der Waals surface area contributed by atoms with Crippen molar-refractivity contribution in [3.8, 4) is 0 Å². The summed E-state index contributed by atoms with van der Waals surface area (Å²) in [5, 5.41) is 8.11. The van der Waals surface area contributed by atoms with E-state index < -0.39 is 16.0 Å². The first-order chi connectivity index (χ1) is 8.39. The summed E-state index contributed by atoms with van der Waals surface area (Å²) in [6, 6.07) is 0. The molecular weight excluding hydrogens is 260 g/mol. The van der Waals surface area contributed by atoms with Gasteiger partial charge in [0.1, 0.15) is 6.61 Å². The zero-order valence-electron chi connectivity index (χ0n) is 10.8. The minimum atomic E-state index is -3.14. The summed E-state index contributed by atoms with van der Waals surface area (Å²) in [4.78, 5) is 9.93. The average Bonchev–Trinajstić information content (AvgIpc) is 2.29. The normalized spacial score (nSPS) is 10.4. The van der Waals surface area contributed by atoms with Crippen LogP contribution in [0, 0.1) is 0 Å². The third-order valence-corrected chi connectivity index (χ3v) is 3.54. The van der Waals surface area contributed by atoms with Gasteiger partial charge in [-0.2, -0.15) is 0 Å². The predicted octanol–water partition coefficient (Wildman–Crippen LogP) is 0.190. The summed E-state index contributed by atoms with van der Waals surface area (Å²) in [5.74, 6) is -0.104. The van der Waals surface area contributed by atoms with E-state index in [-0.39, 0.29) is 18.1 Å². The maximum atomic E-state index is 11.2. The second-order valence-corrected chi connectivity index (χ2v) is 5.85. The molecule has 0 fully saturated rings. The average molecular weight is 284 g/mol. The SMILES string of the molecule is CCCCCS(=O)(=O)CCOC(=O)O.NCCN. The van der Waals surface area contributed by atoms with Gasteiger partial charge >= 0.3 is 6.16 Å². The quantitative estimate of drug-likeness (QED) is 0.428. The van der Waals surface area contributed by atoms with Crippen molar-refractivity contribution >= 4 is 16.0 Å². The van der Waals surface area contributed by atoms with Gasteiger partial charge in [-0.05, 0) is 6.42 Å². The maximum absolute atomic E-state index is 11.2. The molecule has 0 aromatic heterocycles. The number of unbranched alkanes of at least 4 members (excludes halogenated alkanes) is 2. The molecule has 0 rings (SSSR count). The van der Waals surface area contributed by atoms with E-state index in [0.717, 1.165) is 12.8 Å². The summed E-state index contributed by atoms with van der Waals surface area (Å²) in [6.45, 7) is 2.91. The lowest BCUT2D eigenvalue weighted by Crippen LogP contribution is -2.17. The van der Waals surface area contributed by atoms with Gasteiger partial charge < -0.3 is 21.3 Å². The van der Waals surface area contributed by atoms with Gasteiger partial charge in [-0.3, -0.25) is 0 Å². The molecule has 0 spiro atoms. The Balaban J connectivity index is 0. The molecule has 0 heterocycles. The van der Waals surface area contributed by atoms with Crippen molar-refractivity contribution in [3.05, 3.63) is 0 Å². The fourth-order valence-corrected chi connectivity index (χ4v) is 2.12. The summed E-state index contributed by atoms with van der Waals surface area (Å²) < 4.78 is 26.5. The second kappa shape index (κ2) is 12.6. The highest BCUT2D eigenvalue weighted by Gasteiger charge is 2.11. The van der Waals surface area contributed by atoms with Gasteiger partial charge in [-0.15, -0.1) is 0 Å². The van der Waals surface area contributed by atoms with Crippen molar-refractivity contribution in [1.82, 2.24) is 0 Å². The zero-order chi connectivity index (χ0) is 14.4. The molecule has 110 valence electrons. The fourth-order valence-electron chi connectivity index (χ4n) is 0.930. The minimum absolute atomic E-state index is 0.115. The monoisotopic (exact) mass is 284 g/mol. The molecule has 0 aliphatic heterocycles. The lowest BCUT2D eigenvalue weighted by molar-refractivity contribution is 0.0972. The van der Waals surface area contributed by atoms with Crippen molar-refractivity contribution in [2.24, 2.45) is 11.5 Å². The molecule has 5 N–H and O–H groups in total. The van der Waals surface area contributed by atoms with Crippen LogP contribution in [-0.2, 0) is 14.6 Å². The molecule has 8 heteroatoms. The molecule has 0 radical (unpaired) electrons.